The van der Waals surface area contributed by atoms with E-state index in [0.717, 1.165) is 0 Å². The smallest absolute Gasteiger partial charge is 0.338 e. The van der Waals surface area contributed by atoms with Crippen LogP contribution in [-0.4, -0.2) is 50.8 Å². The number of nitrogen functional groups attached to an aromatic ring is 1. The topological polar surface area (TPSA) is 123 Å². The quantitative estimate of drug-likeness (QED) is 0.105. The normalized spacial score (nSPS) is 10.3. The van der Waals surface area contributed by atoms with Crippen LogP contribution in [0.15, 0.2) is 72.9 Å². The average molecular weight is 538 g/mol. The van der Waals surface area contributed by atoms with Gasteiger partial charge in [0.05, 0.1) is 18.9 Å². The van der Waals surface area contributed by atoms with Gasteiger partial charge >= 0.3 is 11.9 Å². The molecule has 2 rings (SSSR count). The van der Waals surface area contributed by atoms with Crippen LogP contribution in [0.5, 0.6) is 17.2 Å². The molecule has 0 aliphatic rings. The van der Waals surface area contributed by atoms with E-state index in [2.05, 4.69) is 19.7 Å². The molecule has 0 aromatic heterocycles. The molecule has 0 atom stereocenters. The highest BCUT2D eigenvalue weighted by molar-refractivity contribution is 5.94. The van der Waals surface area contributed by atoms with Crippen LogP contribution in [0, 0.1) is 0 Å². The van der Waals surface area contributed by atoms with Crippen molar-refractivity contribution in [2.75, 3.05) is 38.8 Å². The first-order valence-corrected chi connectivity index (χ1v) is 12.3. The van der Waals surface area contributed by atoms with Crippen LogP contribution in [0.4, 0.5) is 5.69 Å². The van der Waals surface area contributed by atoms with Crippen molar-refractivity contribution >= 4 is 23.4 Å². The zero-order valence-electron chi connectivity index (χ0n) is 22.7. The summed E-state index contributed by atoms with van der Waals surface area (Å²) in [4.78, 5) is 35.1. The van der Waals surface area contributed by atoms with Crippen molar-refractivity contribution in [3.8, 4) is 28.4 Å². The summed E-state index contributed by atoms with van der Waals surface area (Å²) in [6, 6.07) is 10.2. The van der Waals surface area contributed by atoms with Crippen LogP contribution in [0.1, 0.15) is 27.2 Å². The number of Topliss-reactive ketones (excluding diaryl/α,β-unsaturated/α-hetero) is 1. The highest BCUT2D eigenvalue weighted by atomic mass is 16.6. The number of ketones is 1. The van der Waals surface area contributed by atoms with Crippen molar-refractivity contribution in [3.05, 3.63) is 72.9 Å². The standard InChI is InChI=1S/C30H35NO8/c1-7-26(32)21(6)18-35-12-13-36-23-9-10-24(28(17-23)37-14-15-38-29(33)19(2)3)22-8-11-27(25(31)16-22)39-30(34)20(4)5/h8-11,16-17H,2,4,6-7,12-15,18,31H2,1,3,5H3. The molecule has 2 aromatic rings. The molecule has 2 N–H and O–H groups in total. The fraction of sp³-hybridized carbons (Fsp3) is 0.300. The van der Waals surface area contributed by atoms with Crippen LogP contribution in [0.3, 0.4) is 0 Å². The summed E-state index contributed by atoms with van der Waals surface area (Å²) in [6.45, 7) is 16.4. The number of rotatable bonds is 16. The van der Waals surface area contributed by atoms with Gasteiger partial charge in [0, 0.05) is 34.8 Å². The van der Waals surface area contributed by atoms with Gasteiger partial charge in [0.2, 0.25) is 0 Å². The van der Waals surface area contributed by atoms with Crippen molar-refractivity contribution in [2.45, 2.75) is 27.2 Å². The summed E-state index contributed by atoms with van der Waals surface area (Å²) in [5.41, 5.74) is 8.73. The van der Waals surface area contributed by atoms with Crippen LogP contribution in [-0.2, 0) is 23.9 Å². The predicted octanol–water partition coefficient (Wildman–Crippen LogP) is 4.85. The van der Waals surface area contributed by atoms with Gasteiger partial charge in [-0.2, -0.15) is 0 Å². The second-order valence-corrected chi connectivity index (χ2v) is 8.63. The number of hydrogen-bond acceptors (Lipinski definition) is 9. The number of benzene rings is 2. The van der Waals surface area contributed by atoms with Gasteiger partial charge in [0.1, 0.15) is 31.3 Å². The molecule has 9 nitrogen and oxygen atoms in total. The largest absolute Gasteiger partial charge is 0.491 e. The van der Waals surface area contributed by atoms with Gasteiger partial charge in [0.25, 0.3) is 0 Å². The van der Waals surface area contributed by atoms with E-state index in [0.29, 0.717) is 40.2 Å². The van der Waals surface area contributed by atoms with E-state index in [1.54, 1.807) is 57.2 Å². The van der Waals surface area contributed by atoms with E-state index < -0.39 is 11.9 Å². The number of ether oxygens (including phenoxy) is 5. The maximum Gasteiger partial charge on any atom is 0.338 e. The van der Waals surface area contributed by atoms with Crippen molar-refractivity contribution in [3.63, 3.8) is 0 Å². The summed E-state index contributed by atoms with van der Waals surface area (Å²) in [7, 11) is 0. The van der Waals surface area contributed by atoms with Crippen molar-refractivity contribution in [1.29, 1.82) is 0 Å². The molecular formula is C30H35NO8. The summed E-state index contributed by atoms with van der Waals surface area (Å²) in [5, 5.41) is 0. The highest BCUT2D eigenvalue weighted by Crippen LogP contribution is 2.36. The Morgan fingerprint density at radius 3 is 2.15 bits per heavy atom. The zero-order valence-corrected chi connectivity index (χ0v) is 22.7. The fourth-order valence-corrected chi connectivity index (χ4v) is 3.10. The van der Waals surface area contributed by atoms with E-state index in [9.17, 15) is 14.4 Å². The van der Waals surface area contributed by atoms with Crippen LogP contribution >= 0.6 is 0 Å². The monoisotopic (exact) mass is 537 g/mol. The lowest BCUT2D eigenvalue weighted by Gasteiger charge is -2.16. The molecule has 0 heterocycles. The lowest BCUT2D eigenvalue weighted by Crippen LogP contribution is -2.13. The van der Waals surface area contributed by atoms with Gasteiger partial charge in [-0.05, 0) is 43.7 Å². The Balaban J connectivity index is 2.16. The van der Waals surface area contributed by atoms with E-state index in [1.807, 2.05) is 0 Å². The molecule has 0 saturated carbocycles. The Labute approximate surface area is 228 Å². The molecule has 0 amide bonds. The summed E-state index contributed by atoms with van der Waals surface area (Å²) >= 11 is 0. The Hall–Kier alpha value is -4.37. The molecule has 0 saturated heterocycles. The summed E-state index contributed by atoms with van der Waals surface area (Å²) < 4.78 is 27.5. The van der Waals surface area contributed by atoms with Gasteiger partial charge in [-0.3, -0.25) is 4.79 Å². The minimum atomic E-state index is -0.575. The number of anilines is 1. The lowest BCUT2D eigenvalue weighted by atomic mass is 10.0. The zero-order chi connectivity index (χ0) is 28.9. The van der Waals surface area contributed by atoms with E-state index in [1.165, 1.54) is 0 Å². The molecule has 0 unspecified atom stereocenters. The SMILES string of the molecule is C=C(C)C(=O)OCCOc1cc(OCCOCC(=C)C(=O)CC)ccc1-c1ccc(OC(=O)C(=C)C)c(N)c1. The van der Waals surface area contributed by atoms with Crippen LogP contribution in [0.2, 0.25) is 0 Å². The summed E-state index contributed by atoms with van der Waals surface area (Å²) in [5.74, 6) is 0.0584. The first-order chi connectivity index (χ1) is 18.5. The Kier molecular flexibility index (Phi) is 12.0. The molecule has 9 heteroatoms. The Morgan fingerprint density at radius 2 is 1.51 bits per heavy atom. The lowest BCUT2D eigenvalue weighted by molar-refractivity contribution is -0.139. The molecule has 0 aliphatic heterocycles. The molecule has 0 fully saturated rings. The number of hydrogen-bond donors (Lipinski definition) is 1. The highest BCUT2D eigenvalue weighted by Gasteiger charge is 2.14. The minimum Gasteiger partial charge on any atom is -0.491 e. The van der Waals surface area contributed by atoms with Gasteiger partial charge in [0.15, 0.2) is 11.5 Å². The fourth-order valence-electron chi connectivity index (χ4n) is 3.10. The number of nitrogens with two attached hydrogens (primary N) is 1. The maximum absolute atomic E-state index is 11.9. The van der Waals surface area contributed by atoms with Crippen LogP contribution in [0.25, 0.3) is 11.1 Å². The molecule has 0 spiro atoms. The molecule has 39 heavy (non-hydrogen) atoms. The summed E-state index contributed by atoms with van der Waals surface area (Å²) in [6.07, 6.45) is 0.383. The Bertz CT molecular complexity index is 1250. The number of carbonyl (C=O) groups excluding carboxylic acids is 3. The third-order valence-electron chi connectivity index (χ3n) is 5.24. The molecular weight excluding hydrogens is 502 g/mol. The van der Waals surface area contributed by atoms with Gasteiger partial charge in [-0.25, -0.2) is 9.59 Å². The average Bonchev–Trinajstić information content (AvgIpc) is 2.91. The molecule has 0 bridgehead atoms. The molecule has 2 aromatic carbocycles. The Morgan fingerprint density at radius 1 is 0.821 bits per heavy atom. The van der Waals surface area contributed by atoms with Gasteiger partial charge in [-0.1, -0.05) is 32.7 Å². The minimum absolute atomic E-state index is 0.0162. The van der Waals surface area contributed by atoms with E-state index in [4.69, 9.17) is 29.4 Å². The first-order valence-electron chi connectivity index (χ1n) is 12.3. The van der Waals surface area contributed by atoms with Crippen molar-refractivity contribution in [2.24, 2.45) is 0 Å². The predicted molar refractivity (Wildman–Crippen MR) is 149 cm³/mol. The third kappa shape index (κ3) is 9.79. The van der Waals surface area contributed by atoms with Gasteiger partial charge in [-0.15, -0.1) is 0 Å². The second-order valence-electron chi connectivity index (χ2n) is 8.63. The van der Waals surface area contributed by atoms with E-state index >= 15 is 0 Å². The van der Waals surface area contributed by atoms with Crippen molar-refractivity contribution in [1.82, 2.24) is 0 Å². The number of esters is 2. The third-order valence-corrected chi connectivity index (χ3v) is 5.24. The van der Waals surface area contributed by atoms with Gasteiger partial charge < -0.3 is 29.4 Å². The second kappa shape index (κ2) is 15.1. The number of carbonyl (C=O) groups is 3. The van der Waals surface area contributed by atoms with Crippen molar-refractivity contribution < 1.29 is 38.1 Å². The molecule has 0 aliphatic carbocycles. The van der Waals surface area contributed by atoms with Crippen LogP contribution < -0.4 is 19.9 Å². The van der Waals surface area contributed by atoms with E-state index in [-0.39, 0.29) is 55.8 Å². The first kappa shape index (κ1) is 30.9. The molecule has 208 valence electrons. The molecule has 0 radical (unpaired) electrons. The maximum atomic E-state index is 11.9.